The molecule has 0 bridgehead atoms. The summed E-state index contributed by atoms with van der Waals surface area (Å²) in [5, 5.41) is 19.5. The summed E-state index contributed by atoms with van der Waals surface area (Å²) in [6.07, 6.45) is 3.10. The Balaban J connectivity index is 3.17. The van der Waals surface area contributed by atoms with Crippen LogP contribution in [-0.2, 0) is 23.9 Å². The van der Waals surface area contributed by atoms with E-state index in [0.29, 0.717) is 6.42 Å². The van der Waals surface area contributed by atoms with Gasteiger partial charge in [-0.05, 0) is 51.9 Å². The Labute approximate surface area is 185 Å². The van der Waals surface area contributed by atoms with E-state index in [1.54, 1.807) is 20.8 Å². The van der Waals surface area contributed by atoms with E-state index in [4.69, 9.17) is 9.47 Å². The summed E-state index contributed by atoms with van der Waals surface area (Å²) in [5.41, 5.74) is -0.702. The number of ether oxygens (including phenoxy) is 2. The van der Waals surface area contributed by atoms with Crippen LogP contribution in [0, 0.1) is 17.8 Å². The van der Waals surface area contributed by atoms with Crippen LogP contribution in [0.15, 0.2) is 12.7 Å². The number of carbonyl (C=O) groups excluding carboxylic acids is 2. The van der Waals surface area contributed by atoms with E-state index in [0.717, 1.165) is 12.8 Å². The lowest BCUT2D eigenvalue weighted by Crippen LogP contribution is -2.47. The highest BCUT2D eigenvalue weighted by atomic mass is 16.6. The average molecular weight is 442 g/mol. The quantitative estimate of drug-likeness (QED) is 0.353. The molecule has 0 aliphatic carbocycles. The normalized spacial score (nSPS) is 21.9. The van der Waals surface area contributed by atoms with Crippen LogP contribution in [0.4, 0.5) is 0 Å². The summed E-state index contributed by atoms with van der Waals surface area (Å²) >= 11 is 0. The molecule has 0 aromatic heterocycles. The molecule has 5 atom stereocenters. The van der Waals surface area contributed by atoms with Gasteiger partial charge in [-0.2, -0.15) is 0 Å². The molecule has 1 aliphatic rings. The van der Waals surface area contributed by atoms with Crippen molar-refractivity contribution < 1.29 is 34.1 Å². The monoisotopic (exact) mass is 441 g/mol. The number of carbonyl (C=O) groups is 3. The molecule has 0 spiro atoms. The van der Waals surface area contributed by atoms with Gasteiger partial charge in [0, 0.05) is 26.7 Å². The van der Waals surface area contributed by atoms with Crippen LogP contribution in [0.3, 0.4) is 0 Å². The van der Waals surface area contributed by atoms with Crippen LogP contribution in [-0.4, -0.2) is 71.0 Å². The first-order valence-corrected chi connectivity index (χ1v) is 10.9. The molecule has 0 aromatic carbocycles. The summed E-state index contributed by atoms with van der Waals surface area (Å²) in [4.78, 5) is 39.0. The zero-order chi connectivity index (χ0) is 23.8. The third-order valence-electron chi connectivity index (χ3n) is 5.49. The number of hydrogen-bond acceptors (Lipinski definition) is 6. The van der Waals surface area contributed by atoms with E-state index in [2.05, 4.69) is 13.5 Å². The molecule has 1 rings (SSSR count). The first-order chi connectivity index (χ1) is 14.4. The van der Waals surface area contributed by atoms with Crippen molar-refractivity contribution in [2.24, 2.45) is 17.8 Å². The zero-order valence-electron chi connectivity index (χ0n) is 19.5. The zero-order valence-corrected chi connectivity index (χ0v) is 19.5. The molecule has 0 saturated carbocycles. The minimum absolute atomic E-state index is 0.0229. The fraction of sp³-hybridized carbons (Fsp3) is 0.783. The predicted molar refractivity (Wildman–Crippen MR) is 116 cm³/mol. The summed E-state index contributed by atoms with van der Waals surface area (Å²) in [5.74, 6) is -2.97. The van der Waals surface area contributed by atoms with Crippen LogP contribution >= 0.6 is 0 Å². The van der Waals surface area contributed by atoms with Gasteiger partial charge < -0.3 is 24.6 Å². The minimum Gasteiger partial charge on any atom is -0.480 e. The number of likely N-dealkylation sites (tertiary alicyclic amines) is 1. The maximum atomic E-state index is 13.5. The Bertz CT molecular complexity index is 628. The molecule has 1 aliphatic heterocycles. The second kappa shape index (κ2) is 12.2. The lowest BCUT2D eigenvalue weighted by atomic mass is 9.81. The molecule has 0 radical (unpaired) electrons. The molecule has 2 N–H and O–H groups in total. The Morgan fingerprint density at radius 3 is 2.45 bits per heavy atom. The summed E-state index contributed by atoms with van der Waals surface area (Å²) in [6.45, 7) is 11.3. The number of methoxy groups -OCH3 is 1. The molecular formula is C23H39NO7. The van der Waals surface area contributed by atoms with Gasteiger partial charge in [0.1, 0.15) is 11.6 Å². The van der Waals surface area contributed by atoms with Crippen molar-refractivity contribution >= 4 is 17.8 Å². The van der Waals surface area contributed by atoms with Crippen molar-refractivity contribution in [2.75, 3.05) is 20.3 Å². The number of amides is 1. The van der Waals surface area contributed by atoms with Gasteiger partial charge in [-0.1, -0.05) is 13.0 Å². The first kappa shape index (κ1) is 27.1. The van der Waals surface area contributed by atoms with Gasteiger partial charge in [0.2, 0.25) is 5.91 Å². The highest BCUT2D eigenvalue weighted by Crippen LogP contribution is 2.31. The minimum atomic E-state index is -1.16. The standard InChI is InChI=1S/C23H39NO7/c1-7-8-9-15(2)10-16(14-30-6)18(12-20(26)31-23(3,4)5)21(27)24-13-17(25)11-19(24)22(28)29/h7,15-19,25H,1,8-14H2,2-6H3,(H,28,29)/t15?,16-,17+,18-,19-/m0/s1. The van der Waals surface area contributed by atoms with E-state index in [1.807, 2.05) is 6.08 Å². The Kier molecular flexibility index (Phi) is 10.7. The number of rotatable bonds is 12. The maximum Gasteiger partial charge on any atom is 0.326 e. The molecule has 31 heavy (non-hydrogen) atoms. The molecule has 1 saturated heterocycles. The predicted octanol–water partition coefficient (Wildman–Crippen LogP) is 2.64. The van der Waals surface area contributed by atoms with E-state index in [9.17, 15) is 24.6 Å². The highest BCUT2D eigenvalue weighted by Gasteiger charge is 2.44. The number of aliphatic carboxylic acids is 1. The second-order valence-corrected chi connectivity index (χ2v) is 9.55. The Morgan fingerprint density at radius 2 is 1.94 bits per heavy atom. The number of carboxylic acid groups (broad SMARTS) is 1. The number of nitrogens with zero attached hydrogens (tertiary/aromatic N) is 1. The number of aliphatic hydroxyl groups is 1. The topological polar surface area (TPSA) is 113 Å². The summed E-state index contributed by atoms with van der Waals surface area (Å²) in [6, 6.07) is -1.11. The summed E-state index contributed by atoms with van der Waals surface area (Å²) in [7, 11) is 1.54. The van der Waals surface area contributed by atoms with Crippen molar-refractivity contribution in [3.8, 4) is 0 Å². The SMILES string of the molecule is C=CCCC(C)C[C@@H](COC)[C@H](CC(=O)OC(C)(C)C)C(=O)N1C[C@H](O)C[C@H]1C(=O)O. The van der Waals surface area contributed by atoms with Crippen molar-refractivity contribution in [1.82, 2.24) is 4.90 Å². The van der Waals surface area contributed by atoms with Crippen molar-refractivity contribution in [2.45, 2.75) is 77.5 Å². The molecule has 8 nitrogen and oxygen atoms in total. The number of esters is 1. The van der Waals surface area contributed by atoms with Crippen molar-refractivity contribution in [3.63, 3.8) is 0 Å². The van der Waals surface area contributed by atoms with E-state index < -0.39 is 41.5 Å². The molecule has 178 valence electrons. The number of allylic oxidation sites excluding steroid dienone is 1. The third kappa shape index (κ3) is 8.99. The lowest BCUT2D eigenvalue weighted by Gasteiger charge is -2.33. The van der Waals surface area contributed by atoms with E-state index in [-0.39, 0.29) is 37.8 Å². The van der Waals surface area contributed by atoms with Gasteiger partial charge in [-0.25, -0.2) is 4.79 Å². The van der Waals surface area contributed by atoms with Gasteiger partial charge in [0.05, 0.1) is 18.4 Å². The van der Waals surface area contributed by atoms with Crippen LogP contribution in [0.1, 0.15) is 59.8 Å². The van der Waals surface area contributed by atoms with Crippen LogP contribution in [0.2, 0.25) is 0 Å². The first-order valence-electron chi connectivity index (χ1n) is 10.9. The maximum absolute atomic E-state index is 13.5. The van der Waals surface area contributed by atoms with Crippen molar-refractivity contribution in [1.29, 1.82) is 0 Å². The van der Waals surface area contributed by atoms with Gasteiger partial charge in [-0.15, -0.1) is 6.58 Å². The highest BCUT2D eigenvalue weighted by molar-refractivity contribution is 5.88. The second-order valence-electron chi connectivity index (χ2n) is 9.55. The fourth-order valence-corrected chi connectivity index (χ4v) is 4.12. The molecular weight excluding hydrogens is 402 g/mol. The Hall–Kier alpha value is -1.93. The molecule has 1 unspecified atom stereocenters. The van der Waals surface area contributed by atoms with Crippen LogP contribution in [0.25, 0.3) is 0 Å². The summed E-state index contributed by atoms with van der Waals surface area (Å²) < 4.78 is 10.8. The van der Waals surface area contributed by atoms with E-state index >= 15 is 0 Å². The largest absolute Gasteiger partial charge is 0.480 e. The van der Waals surface area contributed by atoms with Gasteiger partial charge >= 0.3 is 11.9 Å². The molecule has 0 aromatic rings. The van der Waals surface area contributed by atoms with Crippen LogP contribution < -0.4 is 0 Å². The number of carboxylic acids is 1. The number of aliphatic hydroxyl groups excluding tert-OH is 1. The van der Waals surface area contributed by atoms with Crippen LogP contribution in [0.5, 0.6) is 0 Å². The number of hydrogen-bond donors (Lipinski definition) is 2. The lowest BCUT2D eigenvalue weighted by molar-refractivity contribution is -0.161. The Morgan fingerprint density at radius 1 is 1.29 bits per heavy atom. The third-order valence-corrected chi connectivity index (χ3v) is 5.49. The average Bonchev–Trinajstić information content (AvgIpc) is 3.04. The molecule has 1 heterocycles. The number of β-amino-alcohol motifs (C(OH)–C–C–N with tert-alkyl or cyclic N) is 1. The van der Waals surface area contributed by atoms with Gasteiger partial charge in [-0.3, -0.25) is 9.59 Å². The fourth-order valence-electron chi connectivity index (χ4n) is 4.12. The van der Waals surface area contributed by atoms with Gasteiger partial charge in [0.25, 0.3) is 0 Å². The smallest absolute Gasteiger partial charge is 0.326 e. The van der Waals surface area contributed by atoms with E-state index in [1.165, 1.54) is 12.0 Å². The molecule has 1 amide bonds. The van der Waals surface area contributed by atoms with Crippen molar-refractivity contribution in [3.05, 3.63) is 12.7 Å². The molecule has 1 fully saturated rings. The molecule has 8 heteroatoms. The van der Waals surface area contributed by atoms with Gasteiger partial charge in [0.15, 0.2) is 0 Å².